The number of hydrogen-bond donors (Lipinski definition) is 8. The second-order valence-corrected chi connectivity index (χ2v) is 37.5. The third kappa shape index (κ3) is 16.8. The summed E-state index contributed by atoms with van der Waals surface area (Å²) in [5.74, 6) is 4.86. The van der Waals surface area contributed by atoms with Crippen molar-refractivity contribution < 1.29 is 8.85 Å². The quantitative estimate of drug-likeness (QED) is 0.0234. The molecule has 5 saturated heterocycles. The van der Waals surface area contributed by atoms with E-state index < -0.39 is 16.6 Å². The monoisotopic (exact) mass is 1150 g/mol. The van der Waals surface area contributed by atoms with E-state index in [-0.39, 0.29) is 30.7 Å². The molecule has 0 radical (unpaired) electrons. The summed E-state index contributed by atoms with van der Waals surface area (Å²) in [7, 11) is -4.40. The van der Waals surface area contributed by atoms with Gasteiger partial charge in [0, 0.05) is 5.92 Å². The van der Waals surface area contributed by atoms with E-state index in [1.165, 1.54) is 280 Å². The first-order valence-corrected chi connectivity index (χ1v) is 41.9. The van der Waals surface area contributed by atoms with Gasteiger partial charge in [0.1, 0.15) is 0 Å². The summed E-state index contributed by atoms with van der Waals surface area (Å²) in [4.78, 5) is 0. The molecular formula is C68H132N8O2Si2. The second-order valence-electron chi connectivity index (χ2n) is 29.3. The molecule has 18 unspecified atom stereocenters. The normalized spacial score (nSPS) is 37.1. The Labute approximate surface area is 496 Å². The molecule has 4 saturated carbocycles. The highest BCUT2D eigenvalue weighted by molar-refractivity contribution is 6.74. The van der Waals surface area contributed by atoms with Gasteiger partial charge in [0.25, 0.3) is 0 Å². The fraction of sp³-hybridized carbons (Fsp3) is 1.00. The van der Waals surface area contributed by atoms with E-state index in [0.29, 0.717) is 78.2 Å². The molecule has 8 N–H and O–H groups in total. The van der Waals surface area contributed by atoms with Crippen LogP contribution in [-0.2, 0) is 8.85 Å². The topological polar surface area (TPSA) is 115 Å². The molecule has 5 aliphatic heterocycles. The van der Waals surface area contributed by atoms with Crippen LogP contribution in [0.5, 0.6) is 0 Å². The molecule has 9 rings (SSSR count). The van der Waals surface area contributed by atoms with Crippen LogP contribution in [0.15, 0.2) is 0 Å². The van der Waals surface area contributed by atoms with Gasteiger partial charge in [-0.25, -0.2) is 0 Å². The van der Waals surface area contributed by atoms with E-state index in [9.17, 15) is 0 Å². The van der Waals surface area contributed by atoms with Crippen LogP contribution in [0.4, 0.5) is 0 Å². The maximum absolute atomic E-state index is 8.87. The number of rotatable bonds is 34. The van der Waals surface area contributed by atoms with Crippen LogP contribution in [0.2, 0.25) is 36.3 Å². The van der Waals surface area contributed by atoms with E-state index >= 15 is 0 Å². The molecule has 0 aromatic rings. The van der Waals surface area contributed by atoms with Crippen molar-refractivity contribution >= 4 is 16.6 Å². The Morgan fingerprint density at radius 3 is 0.787 bits per heavy atom. The van der Waals surface area contributed by atoms with Crippen molar-refractivity contribution in [3.05, 3.63) is 0 Å². The van der Waals surface area contributed by atoms with E-state index in [1.54, 1.807) is 0 Å². The maximum Gasteiger partial charge on any atom is 0.193 e. The van der Waals surface area contributed by atoms with Gasteiger partial charge in [-0.3, -0.25) is 42.5 Å². The molecule has 8 bridgehead atoms. The molecule has 80 heavy (non-hydrogen) atoms. The van der Waals surface area contributed by atoms with Crippen molar-refractivity contribution in [2.75, 3.05) is 0 Å². The standard InChI is InChI=1S/C68H132N8O2Si2/c1-7-13-19-31-45-79(46-32-20-14-8-2,47-33-21-15-9-3)77-58-44-43-57-59(60(58)78-80(48-34-22-16-10-4,49-35-23-17-11-5)50-36-24-18-12-6)68-75-66-56-42-30-29-41-55(56)64(73-66)71-62-52-38-26-25-37-51(52)61(69-62)70-63-53-39-27-28-40-54(53)65(72-63)74-67(57)76-68/h51-76H,7-50H2,1-6H3. The first kappa shape index (κ1) is 64.5. The van der Waals surface area contributed by atoms with Crippen molar-refractivity contribution in [3.8, 4) is 0 Å². The first-order chi connectivity index (χ1) is 39.4. The van der Waals surface area contributed by atoms with Crippen molar-refractivity contribution in [3.63, 3.8) is 0 Å². The molecular weight excluding hydrogens is 1020 g/mol. The maximum atomic E-state index is 8.87. The summed E-state index contributed by atoms with van der Waals surface area (Å²) in [6.07, 6.45) is 53.8. The lowest BCUT2D eigenvalue weighted by Crippen LogP contribution is -2.62. The largest absolute Gasteiger partial charge is 0.411 e. The number of fused-ring (bicyclic) bond motifs is 20. The molecule has 12 heteroatoms. The van der Waals surface area contributed by atoms with E-state index in [0.717, 1.165) is 0 Å². The second kappa shape index (κ2) is 33.4. The van der Waals surface area contributed by atoms with Crippen LogP contribution in [0.3, 0.4) is 0 Å². The van der Waals surface area contributed by atoms with Gasteiger partial charge in [0.05, 0.1) is 61.5 Å². The summed E-state index contributed by atoms with van der Waals surface area (Å²) < 4.78 is 17.5. The van der Waals surface area contributed by atoms with Crippen molar-refractivity contribution in [1.82, 2.24) is 42.5 Å². The van der Waals surface area contributed by atoms with Gasteiger partial charge in [-0.05, 0) is 129 Å². The summed E-state index contributed by atoms with van der Waals surface area (Å²) in [5, 5.41) is 36.0. The Balaban J connectivity index is 1.12. The molecule has 18 atom stereocenters. The van der Waals surface area contributed by atoms with Gasteiger partial charge in [0.15, 0.2) is 16.6 Å². The lowest BCUT2D eigenvalue weighted by atomic mass is 9.74. The fourth-order valence-electron chi connectivity index (χ4n) is 19.2. The predicted molar refractivity (Wildman–Crippen MR) is 343 cm³/mol. The Morgan fingerprint density at radius 2 is 0.512 bits per heavy atom. The minimum absolute atomic E-state index is 0.130. The van der Waals surface area contributed by atoms with Gasteiger partial charge in [-0.1, -0.05) is 234 Å². The van der Waals surface area contributed by atoms with Crippen LogP contribution in [0.1, 0.15) is 286 Å². The number of nitrogens with one attached hydrogen (secondary N) is 8. The first-order valence-electron chi connectivity index (χ1n) is 36.8. The molecule has 0 aromatic carbocycles. The predicted octanol–water partition coefficient (Wildman–Crippen LogP) is 16.0. The average Bonchev–Trinajstić information content (AvgIpc) is 4.24. The molecule has 0 aromatic heterocycles. The zero-order chi connectivity index (χ0) is 55.6. The molecule has 5 heterocycles. The SMILES string of the molecule is CCCCCC[Si](CCCCCC)(CCCCCC)OC1CCC2C3NC4NC(NC5NC(NC6NC(NC(N3)C2C1O[Si](CCCCCC)(CCCCCC)CCCCCC)C1CCCCC61)C1CCCCC51)C1CCCCC41. The Kier molecular flexibility index (Phi) is 26.9. The van der Waals surface area contributed by atoms with Gasteiger partial charge in [-0.2, -0.15) is 0 Å². The number of unbranched alkanes of at least 4 members (excludes halogenated alkanes) is 18. The van der Waals surface area contributed by atoms with Gasteiger partial charge < -0.3 is 8.85 Å². The van der Waals surface area contributed by atoms with Crippen LogP contribution < -0.4 is 42.5 Å². The molecule has 9 aliphatic rings. The zero-order valence-electron chi connectivity index (χ0n) is 53.3. The van der Waals surface area contributed by atoms with Gasteiger partial charge in [-0.15, -0.1) is 0 Å². The van der Waals surface area contributed by atoms with E-state index in [2.05, 4.69) is 84.1 Å². The van der Waals surface area contributed by atoms with Crippen molar-refractivity contribution in [2.24, 2.45) is 47.3 Å². The van der Waals surface area contributed by atoms with Crippen LogP contribution >= 0.6 is 0 Å². The van der Waals surface area contributed by atoms with E-state index in [1.807, 2.05) is 0 Å². The smallest absolute Gasteiger partial charge is 0.193 e. The summed E-state index contributed by atoms with van der Waals surface area (Å²) in [6.45, 7) is 14.4. The molecule has 464 valence electrons. The summed E-state index contributed by atoms with van der Waals surface area (Å²) in [5.41, 5.74) is 0. The van der Waals surface area contributed by atoms with Crippen LogP contribution in [0, 0.1) is 47.3 Å². The zero-order valence-corrected chi connectivity index (χ0v) is 55.3. The molecule has 0 spiro atoms. The summed E-state index contributed by atoms with van der Waals surface area (Å²) in [6, 6.07) is 8.17. The van der Waals surface area contributed by atoms with Crippen molar-refractivity contribution in [2.45, 2.75) is 383 Å². The van der Waals surface area contributed by atoms with Gasteiger partial charge >= 0.3 is 0 Å². The third-order valence-electron chi connectivity index (χ3n) is 23.6. The fourth-order valence-corrected chi connectivity index (χ4v) is 28.6. The highest BCUT2D eigenvalue weighted by atomic mass is 28.4. The summed E-state index contributed by atoms with van der Waals surface area (Å²) >= 11 is 0. The highest BCUT2D eigenvalue weighted by Crippen LogP contribution is 2.50. The van der Waals surface area contributed by atoms with Gasteiger partial charge in [0.2, 0.25) is 0 Å². The number of hydrogen-bond acceptors (Lipinski definition) is 10. The third-order valence-corrected chi connectivity index (χ3v) is 32.8. The van der Waals surface area contributed by atoms with Crippen LogP contribution in [0.25, 0.3) is 0 Å². The average molecular weight is 1150 g/mol. The Bertz CT molecular complexity index is 1650. The Hall–Kier alpha value is 0.0338. The molecule has 10 nitrogen and oxygen atoms in total. The molecule has 4 aliphatic carbocycles. The minimum atomic E-state index is -2.25. The molecule has 9 fully saturated rings. The van der Waals surface area contributed by atoms with Crippen molar-refractivity contribution in [1.29, 1.82) is 0 Å². The van der Waals surface area contributed by atoms with E-state index in [4.69, 9.17) is 8.85 Å². The highest BCUT2D eigenvalue weighted by Gasteiger charge is 2.59. The Morgan fingerprint density at radius 1 is 0.263 bits per heavy atom. The minimum Gasteiger partial charge on any atom is -0.411 e. The van der Waals surface area contributed by atoms with Crippen LogP contribution in [-0.4, -0.2) is 78.2 Å². The lowest BCUT2D eigenvalue weighted by Gasteiger charge is -2.50. The lowest BCUT2D eigenvalue weighted by molar-refractivity contribution is -0.0547. The molecule has 0 amide bonds.